The van der Waals surface area contributed by atoms with Crippen molar-refractivity contribution in [2.24, 2.45) is 0 Å². The van der Waals surface area contributed by atoms with Crippen molar-refractivity contribution in [3.05, 3.63) is 162 Å². The van der Waals surface area contributed by atoms with Crippen LogP contribution < -0.4 is 10.5 Å². The average Bonchev–Trinajstić information content (AvgIpc) is 3.03. The van der Waals surface area contributed by atoms with Crippen molar-refractivity contribution in [3.8, 4) is 22.3 Å². The van der Waals surface area contributed by atoms with Gasteiger partial charge in [-0.15, -0.1) is 0 Å². The molecule has 0 radical (unpaired) electrons. The molecule has 0 aliphatic carbocycles. The summed E-state index contributed by atoms with van der Waals surface area (Å²) in [6.45, 7) is 0. The molecular formula is C37H25NO2. The van der Waals surface area contributed by atoms with Crippen LogP contribution in [-0.4, -0.2) is 0 Å². The van der Waals surface area contributed by atoms with Crippen LogP contribution in [0.3, 0.4) is 0 Å². The van der Waals surface area contributed by atoms with Crippen molar-refractivity contribution in [3.63, 3.8) is 0 Å². The maximum absolute atomic E-state index is 13.1. The van der Waals surface area contributed by atoms with Crippen molar-refractivity contribution in [1.82, 2.24) is 0 Å². The minimum absolute atomic E-state index is 0.339. The Balaban J connectivity index is 1.37. The van der Waals surface area contributed by atoms with Gasteiger partial charge in [0.05, 0.1) is 5.39 Å². The fourth-order valence-electron chi connectivity index (χ4n) is 5.32. The van der Waals surface area contributed by atoms with Gasteiger partial charge in [-0.25, -0.2) is 4.79 Å². The van der Waals surface area contributed by atoms with Crippen molar-refractivity contribution in [1.29, 1.82) is 0 Å². The summed E-state index contributed by atoms with van der Waals surface area (Å²) in [7, 11) is 0. The second-order valence-corrected chi connectivity index (χ2v) is 9.78. The molecule has 3 nitrogen and oxygen atoms in total. The van der Waals surface area contributed by atoms with Gasteiger partial charge >= 0.3 is 5.63 Å². The first-order valence-corrected chi connectivity index (χ1v) is 13.3. The van der Waals surface area contributed by atoms with Gasteiger partial charge in [0, 0.05) is 27.8 Å². The van der Waals surface area contributed by atoms with Crippen molar-refractivity contribution < 1.29 is 4.42 Å². The molecule has 6 aromatic carbocycles. The number of fused-ring (bicyclic) bond motifs is 3. The Bertz CT molecular complexity index is 1910. The summed E-state index contributed by atoms with van der Waals surface area (Å²) in [5.74, 6) is 0. The number of hydrogen-bond donors (Lipinski definition) is 0. The Morgan fingerprint density at radius 2 is 0.875 bits per heavy atom. The van der Waals surface area contributed by atoms with E-state index in [2.05, 4.69) is 83.8 Å². The largest absolute Gasteiger partial charge is 0.422 e. The molecule has 3 heteroatoms. The van der Waals surface area contributed by atoms with E-state index in [0.29, 0.717) is 11.0 Å². The molecule has 0 fully saturated rings. The topological polar surface area (TPSA) is 33.5 Å². The third kappa shape index (κ3) is 4.34. The van der Waals surface area contributed by atoms with E-state index in [9.17, 15) is 4.79 Å². The molecule has 0 bridgehead atoms. The Labute approximate surface area is 232 Å². The van der Waals surface area contributed by atoms with Gasteiger partial charge in [0.25, 0.3) is 0 Å². The first-order valence-electron chi connectivity index (χ1n) is 13.3. The molecule has 0 N–H and O–H groups in total. The molecule has 1 heterocycles. The SMILES string of the molecule is O=c1oc2ccccc2c2ccc(N(c3ccc(-c4ccccc4)cc3)c3ccc(-c4ccccc4)cc3)cc12. The Hall–Kier alpha value is -5.41. The van der Waals surface area contributed by atoms with Crippen LogP contribution in [0, 0.1) is 0 Å². The lowest BCUT2D eigenvalue weighted by atomic mass is 10.0. The fraction of sp³-hybridized carbons (Fsp3) is 0. The molecule has 0 aliphatic heterocycles. The molecule has 7 rings (SSSR count). The first-order chi connectivity index (χ1) is 19.7. The maximum Gasteiger partial charge on any atom is 0.344 e. The van der Waals surface area contributed by atoms with E-state index in [1.807, 2.05) is 72.8 Å². The molecule has 0 saturated heterocycles. The summed E-state index contributed by atoms with van der Waals surface area (Å²) in [5, 5.41) is 2.37. The standard InChI is InChI=1S/C37H25NO2/c39-37-35-25-32(23-24-33(35)34-13-7-8-14-36(34)40-37)38(30-19-15-28(16-20-30)26-9-3-1-4-10-26)31-21-17-29(18-22-31)27-11-5-2-6-12-27/h1-25H. The van der Waals surface area contributed by atoms with Crippen LogP contribution in [0.5, 0.6) is 0 Å². The van der Waals surface area contributed by atoms with E-state index in [1.54, 1.807) is 0 Å². The van der Waals surface area contributed by atoms with Crippen molar-refractivity contribution in [2.75, 3.05) is 4.90 Å². The summed E-state index contributed by atoms with van der Waals surface area (Å²) in [6, 6.07) is 51.5. The van der Waals surface area contributed by atoms with E-state index >= 15 is 0 Å². The summed E-state index contributed by atoms with van der Waals surface area (Å²) in [4.78, 5) is 15.2. The summed E-state index contributed by atoms with van der Waals surface area (Å²) in [6.07, 6.45) is 0. The third-order valence-electron chi connectivity index (χ3n) is 7.33. The number of rotatable bonds is 5. The minimum Gasteiger partial charge on any atom is -0.422 e. The van der Waals surface area contributed by atoms with Crippen LogP contribution in [0.1, 0.15) is 0 Å². The monoisotopic (exact) mass is 515 g/mol. The summed E-state index contributed by atoms with van der Waals surface area (Å²) in [5.41, 5.74) is 7.77. The quantitative estimate of drug-likeness (QED) is 0.169. The highest BCUT2D eigenvalue weighted by molar-refractivity contribution is 6.05. The van der Waals surface area contributed by atoms with Crippen LogP contribution in [0.25, 0.3) is 44.0 Å². The zero-order chi connectivity index (χ0) is 26.9. The third-order valence-corrected chi connectivity index (χ3v) is 7.33. The van der Waals surface area contributed by atoms with E-state index in [-0.39, 0.29) is 5.63 Å². The Kier molecular flexibility index (Phi) is 5.95. The van der Waals surface area contributed by atoms with Gasteiger partial charge in [0.15, 0.2) is 0 Å². The van der Waals surface area contributed by atoms with E-state index in [0.717, 1.165) is 39.0 Å². The molecule has 40 heavy (non-hydrogen) atoms. The number of anilines is 3. The molecule has 0 spiro atoms. The Morgan fingerprint density at radius 1 is 0.400 bits per heavy atom. The zero-order valence-corrected chi connectivity index (χ0v) is 21.7. The van der Waals surface area contributed by atoms with E-state index < -0.39 is 0 Å². The number of hydrogen-bond acceptors (Lipinski definition) is 3. The number of nitrogens with zero attached hydrogens (tertiary/aromatic N) is 1. The average molecular weight is 516 g/mol. The predicted octanol–water partition coefficient (Wildman–Crippen LogP) is 9.75. The molecular weight excluding hydrogens is 490 g/mol. The number of para-hydroxylation sites is 1. The molecule has 7 aromatic rings. The molecule has 0 saturated carbocycles. The van der Waals surface area contributed by atoms with Gasteiger partial charge in [-0.2, -0.15) is 0 Å². The van der Waals surface area contributed by atoms with Gasteiger partial charge in [0.1, 0.15) is 5.58 Å². The summed E-state index contributed by atoms with van der Waals surface area (Å²) < 4.78 is 5.68. The fourth-order valence-corrected chi connectivity index (χ4v) is 5.32. The Morgan fingerprint density at radius 3 is 1.45 bits per heavy atom. The van der Waals surface area contributed by atoms with Gasteiger partial charge in [-0.05, 0) is 64.7 Å². The van der Waals surface area contributed by atoms with Crippen LogP contribution in [0.2, 0.25) is 0 Å². The van der Waals surface area contributed by atoms with Gasteiger partial charge < -0.3 is 9.32 Å². The van der Waals surface area contributed by atoms with Crippen LogP contribution >= 0.6 is 0 Å². The van der Waals surface area contributed by atoms with Gasteiger partial charge in [-0.1, -0.05) is 109 Å². The molecule has 1 aromatic heterocycles. The van der Waals surface area contributed by atoms with Crippen molar-refractivity contribution in [2.45, 2.75) is 0 Å². The lowest BCUT2D eigenvalue weighted by Crippen LogP contribution is -2.11. The normalized spacial score (nSPS) is 11.1. The smallest absolute Gasteiger partial charge is 0.344 e. The van der Waals surface area contributed by atoms with Crippen LogP contribution in [0.15, 0.2) is 161 Å². The van der Waals surface area contributed by atoms with Crippen molar-refractivity contribution >= 4 is 38.8 Å². The van der Waals surface area contributed by atoms with Crippen LogP contribution in [-0.2, 0) is 0 Å². The molecule has 190 valence electrons. The highest BCUT2D eigenvalue weighted by Gasteiger charge is 2.16. The lowest BCUT2D eigenvalue weighted by Gasteiger charge is -2.26. The molecule has 0 amide bonds. The summed E-state index contributed by atoms with van der Waals surface area (Å²) >= 11 is 0. The lowest BCUT2D eigenvalue weighted by molar-refractivity contribution is 0.569. The second kappa shape index (κ2) is 10.0. The first kappa shape index (κ1) is 23.7. The van der Waals surface area contributed by atoms with Crippen LogP contribution in [0.4, 0.5) is 17.1 Å². The predicted molar refractivity (Wildman–Crippen MR) is 166 cm³/mol. The zero-order valence-electron chi connectivity index (χ0n) is 21.7. The molecule has 0 aliphatic rings. The molecule has 0 atom stereocenters. The van der Waals surface area contributed by atoms with E-state index in [1.165, 1.54) is 11.1 Å². The number of benzene rings is 6. The van der Waals surface area contributed by atoms with E-state index in [4.69, 9.17) is 4.42 Å². The minimum atomic E-state index is -0.339. The second-order valence-electron chi connectivity index (χ2n) is 9.78. The van der Waals surface area contributed by atoms with Gasteiger partial charge in [-0.3, -0.25) is 0 Å². The maximum atomic E-state index is 13.1. The molecule has 0 unspecified atom stereocenters. The van der Waals surface area contributed by atoms with Gasteiger partial charge in [0.2, 0.25) is 0 Å². The highest BCUT2D eigenvalue weighted by Crippen LogP contribution is 2.38. The highest BCUT2D eigenvalue weighted by atomic mass is 16.4.